The summed E-state index contributed by atoms with van der Waals surface area (Å²) in [5, 5.41) is 11.2. The molecule has 0 aromatic carbocycles. The van der Waals surface area contributed by atoms with Gasteiger partial charge in [0.1, 0.15) is 18.9 Å². The first kappa shape index (κ1) is 30.6. The first-order chi connectivity index (χ1) is 16.5. The Balaban J connectivity index is 1.90. The molecule has 0 bridgehead atoms. The Hall–Kier alpha value is -1.46. The monoisotopic (exact) mass is 475 g/mol. The number of carboxylic acid groups (broad SMARTS) is 1. The molecule has 196 valence electrons. The third-order valence-corrected chi connectivity index (χ3v) is 7.07. The van der Waals surface area contributed by atoms with E-state index in [1.165, 1.54) is 103 Å². The van der Waals surface area contributed by atoms with Crippen LogP contribution in [0.5, 0.6) is 0 Å². The number of carbonyl (C=O) groups excluding carboxylic acids is 1. The number of nitrogens with two attached hydrogens (primary N) is 1. The molecule has 5 nitrogen and oxygen atoms in total. The summed E-state index contributed by atoms with van der Waals surface area (Å²) in [5.41, 5.74) is 6.10. The third kappa shape index (κ3) is 13.4. The number of quaternary nitrogens is 1. The van der Waals surface area contributed by atoms with Crippen molar-refractivity contribution in [2.75, 3.05) is 6.54 Å². The molecule has 0 spiro atoms. The van der Waals surface area contributed by atoms with E-state index in [0.717, 1.165) is 25.1 Å². The van der Waals surface area contributed by atoms with Crippen LogP contribution in [0.15, 0.2) is 29.5 Å². The molecule has 0 saturated heterocycles. The number of aliphatic imine (C=N–C) groups is 1. The Bertz CT molecular complexity index is 612. The summed E-state index contributed by atoms with van der Waals surface area (Å²) in [6.07, 6.45) is 32.4. The van der Waals surface area contributed by atoms with Crippen molar-refractivity contribution in [3.63, 3.8) is 0 Å². The standard InChI is InChI=1S/C29H53N3O2/c1-3-4-5-6-7-8-9-10-11-12-13-14-15-16-17-18-19-20-21-22-23-28-31-24-25-32(28,27(2)30)26-29(33)34/h6-7,24-25,27H,3-5,8-23,26,30H2,1-2H3/b7-6+. The molecule has 1 rings (SSSR count). The number of unbranched alkanes of at least 4 members (excludes halogenated alkanes) is 16. The number of rotatable bonds is 23. The predicted octanol–water partition coefficient (Wildman–Crippen LogP) is 6.73. The molecule has 2 unspecified atom stereocenters. The highest BCUT2D eigenvalue weighted by Crippen LogP contribution is 2.23. The second kappa shape index (κ2) is 19.8. The minimum Gasteiger partial charge on any atom is -0.544 e. The maximum absolute atomic E-state index is 11.2. The second-order valence-electron chi connectivity index (χ2n) is 10.1. The summed E-state index contributed by atoms with van der Waals surface area (Å²) in [6, 6.07) is 0. The number of aliphatic carboxylic acids is 1. The molecule has 0 aromatic rings. The van der Waals surface area contributed by atoms with E-state index >= 15 is 0 Å². The van der Waals surface area contributed by atoms with Crippen LogP contribution in [0.4, 0.5) is 0 Å². The number of nitrogens with zero attached hydrogens (tertiary/aromatic N) is 2. The number of carboxylic acids is 1. The Morgan fingerprint density at radius 2 is 1.35 bits per heavy atom. The maximum atomic E-state index is 11.2. The van der Waals surface area contributed by atoms with Crippen molar-refractivity contribution in [2.45, 2.75) is 142 Å². The fourth-order valence-electron chi connectivity index (χ4n) is 4.80. The number of amidine groups is 1. The van der Waals surface area contributed by atoms with Gasteiger partial charge >= 0.3 is 0 Å². The van der Waals surface area contributed by atoms with Crippen molar-refractivity contribution in [3.05, 3.63) is 24.6 Å². The van der Waals surface area contributed by atoms with E-state index in [1.54, 1.807) is 12.4 Å². The van der Waals surface area contributed by atoms with E-state index in [1.807, 2.05) is 6.92 Å². The molecular weight excluding hydrogens is 422 g/mol. The third-order valence-electron chi connectivity index (χ3n) is 7.07. The molecule has 34 heavy (non-hydrogen) atoms. The Morgan fingerprint density at radius 1 is 0.882 bits per heavy atom. The molecule has 0 aliphatic carbocycles. The zero-order valence-corrected chi connectivity index (χ0v) is 22.3. The van der Waals surface area contributed by atoms with Crippen LogP contribution in [0.2, 0.25) is 0 Å². The zero-order valence-electron chi connectivity index (χ0n) is 22.3. The van der Waals surface area contributed by atoms with E-state index in [9.17, 15) is 9.90 Å². The summed E-state index contributed by atoms with van der Waals surface area (Å²) in [7, 11) is 0. The van der Waals surface area contributed by atoms with Gasteiger partial charge in [-0.3, -0.25) is 5.73 Å². The Kier molecular flexibility index (Phi) is 17.8. The maximum Gasteiger partial charge on any atom is 0.209 e. The quantitative estimate of drug-likeness (QED) is 0.101. The second-order valence-corrected chi connectivity index (χ2v) is 10.1. The topological polar surface area (TPSA) is 78.5 Å². The highest BCUT2D eigenvalue weighted by atomic mass is 16.4. The highest BCUT2D eigenvalue weighted by Gasteiger charge is 2.38. The van der Waals surface area contributed by atoms with E-state index in [2.05, 4.69) is 24.1 Å². The van der Waals surface area contributed by atoms with Gasteiger partial charge in [-0.25, -0.2) is 9.48 Å². The number of hydrogen-bond acceptors (Lipinski definition) is 4. The molecular formula is C29H53N3O2. The Morgan fingerprint density at radius 3 is 1.82 bits per heavy atom. The van der Waals surface area contributed by atoms with E-state index < -0.39 is 5.97 Å². The minimum absolute atomic E-state index is 0.110. The van der Waals surface area contributed by atoms with Crippen LogP contribution in [0, 0.1) is 0 Å². The molecule has 0 aromatic heterocycles. The van der Waals surface area contributed by atoms with Crippen molar-refractivity contribution in [3.8, 4) is 0 Å². The van der Waals surface area contributed by atoms with Gasteiger partial charge in [0.25, 0.3) is 0 Å². The molecule has 0 amide bonds. The largest absolute Gasteiger partial charge is 0.544 e. The lowest BCUT2D eigenvalue weighted by Crippen LogP contribution is -2.60. The van der Waals surface area contributed by atoms with E-state index in [0.29, 0.717) is 0 Å². The molecule has 0 radical (unpaired) electrons. The van der Waals surface area contributed by atoms with Gasteiger partial charge in [-0.15, -0.1) is 0 Å². The summed E-state index contributed by atoms with van der Waals surface area (Å²) < 4.78 is 0.110. The van der Waals surface area contributed by atoms with Crippen molar-refractivity contribution in [1.29, 1.82) is 0 Å². The summed E-state index contributed by atoms with van der Waals surface area (Å²) in [4.78, 5) is 15.6. The lowest BCUT2D eigenvalue weighted by Gasteiger charge is -2.36. The normalized spacial score (nSPS) is 18.6. The highest BCUT2D eigenvalue weighted by molar-refractivity contribution is 5.81. The van der Waals surface area contributed by atoms with Gasteiger partial charge < -0.3 is 9.90 Å². The number of hydrogen-bond donors (Lipinski definition) is 1. The average Bonchev–Trinajstić information content (AvgIpc) is 3.20. The lowest BCUT2D eigenvalue weighted by molar-refractivity contribution is -0.808. The van der Waals surface area contributed by atoms with Gasteiger partial charge in [-0.2, -0.15) is 0 Å². The van der Waals surface area contributed by atoms with Gasteiger partial charge in [0.15, 0.2) is 0 Å². The van der Waals surface area contributed by atoms with Gasteiger partial charge in [0.05, 0.1) is 12.2 Å². The van der Waals surface area contributed by atoms with Gasteiger partial charge in [0, 0.05) is 13.3 Å². The first-order valence-electron chi connectivity index (χ1n) is 14.3. The molecule has 1 aliphatic heterocycles. The van der Waals surface area contributed by atoms with Gasteiger partial charge in [-0.05, 0) is 25.7 Å². The van der Waals surface area contributed by atoms with Crippen LogP contribution in [0.1, 0.15) is 136 Å². The predicted molar refractivity (Wildman–Crippen MR) is 143 cm³/mol. The molecule has 2 atom stereocenters. The van der Waals surface area contributed by atoms with E-state index in [-0.39, 0.29) is 17.2 Å². The Labute approximate surface area is 210 Å². The molecule has 0 fully saturated rings. The van der Waals surface area contributed by atoms with Gasteiger partial charge in [0.2, 0.25) is 5.84 Å². The molecule has 1 aliphatic rings. The number of carbonyl (C=O) groups is 1. The van der Waals surface area contributed by atoms with Crippen LogP contribution in [0.3, 0.4) is 0 Å². The van der Waals surface area contributed by atoms with Crippen molar-refractivity contribution in [2.24, 2.45) is 10.7 Å². The summed E-state index contributed by atoms with van der Waals surface area (Å²) in [5.74, 6) is -0.226. The minimum atomic E-state index is -1.09. The summed E-state index contributed by atoms with van der Waals surface area (Å²) >= 11 is 0. The van der Waals surface area contributed by atoms with E-state index in [4.69, 9.17) is 5.73 Å². The van der Waals surface area contributed by atoms with Crippen LogP contribution >= 0.6 is 0 Å². The smallest absolute Gasteiger partial charge is 0.209 e. The van der Waals surface area contributed by atoms with Crippen LogP contribution in [0.25, 0.3) is 0 Å². The summed E-state index contributed by atoms with van der Waals surface area (Å²) in [6.45, 7) is 3.95. The first-order valence-corrected chi connectivity index (χ1v) is 14.3. The van der Waals surface area contributed by atoms with Gasteiger partial charge in [-0.1, -0.05) is 109 Å². The number of allylic oxidation sites excluding steroid dienone is 2. The van der Waals surface area contributed by atoms with Crippen molar-refractivity contribution < 1.29 is 14.4 Å². The molecule has 1 heterocycles. The van der Waals surface area contributed by atoms with Crippen LogP contribution in [-0.2, 0) is 4.79 Å². The molecule has 0 saturated carbocycles. The molecule has 2 N–H and O–H groups in total. The molecule has 5 heteroatoms. The lowest BCUT2D eigenvalue weighted by atomic mass is 10.0. The van der Waals surface area contributed by atoms with Crippen LogP contribution < -0.4 is 10.8 Å². The average molecular weight is 476 g/mol. The zero-order chi connectivity index (χ0) is 24.9. The van der Waals surface area contributed by atoms with Crippen LogP contribution in [-0.4, -0.2) is 29.0 Å². The van der Waals surface area contributed by atoms with Crippen molar-refractivity contribution in [1.82, 2.24) is 0 Å². The van der Waals surface area contributed by atoms with Crippen molar-refractivity contribution >= 4 is 11.8 Å². The fraction of sp³-hybridized carbons (Fsp3) is 0.793. The SMILES string of the molecule is CCCC/C=C/CCCCCCCCCCCCCCCCC1=NC=C[N+]1(CC(=O)[O-])C(C)N. The fourth-order valence-corrected chi connectivity index (χ4v) is 4.80.